The van der Waals surface area contributed by atoms with Gasteiger partial charge in [-0.25, -0.2) is 0 Å². The van der Waals surface area contributed by atoms with Gasteiger partial charge in [-0.05, 0) is 36.7 Å². The van der Waals surface area contributed by atoms with Crippen molar-refractivity contribution in [3.63, 3.8) is 0 Å². The number of nitrogens with two attached hydrogens (primary N) is 1. The van der Waals surface area contributed by atoms with E-state index in [2.05, 4.69) is 26.1 Å². The van der Waals surface area contributed by atoms with E-state index in [4.69, 9.17) is 5.73 Å². The Morgan fingerprint density at radius 3 is 2.89 bits per heavy atom. The number of thiophene rings is 1. The maximum absolute atomic E-state index is 12.1. The van der Waals surface area contributed by atoms with E-state index in [9.17, 15) is 4.79 Å². The van der Waals surface area contributed by atoms with Crippen LogP contribution in [0.5, 0.6) is 0 Å². The van der Waals surface area contributed by atoms with Gasteiger partial charge in [0.2, 0.25) is 0 Å². The zero-order valence-corrected chi connectivity index (χ0v) is 12.2. The number of hydrogen-bond donors (Lipinski definition) is 2. The molecule has 2 rings (SSSR count). The van der Waals surface area contributed by atoms with E-state index in [0.717, 1.165) is 31.2 Å². The number of nitrogens with one attached hydrogen (secondary N) is 1. The lowest BCUT2D eigenvalue weighted by Crippen LogP contribution is -2.27. The van der Waals surface area contributed by atoms with E-state index >= 15 is 0 Å². The molecule has 100 valence electrons. The molecule has 0 aromatic carbocycles. The zero-order valence-electron chi connectivity index (χ0n) is 11.4. The molecule has 0 atom stereocenters. The van der Waals surface area contributed by atoms with Gasteiger partial charge in [-0.1, -0.05) is 20.8 Å². The highest BCUT2D eigenvalue weighted by Gasteiger charge is 2.31. The van der Waals surface area contributed by atoms with Gasteiger partial charge >= 0.3 is 0 Å². The first-order chi connectivity index (χ1) is 8.44. The van der Waals surface area contributed by atoms with Crippen LogP contribution in [-0.2, 0) is 12.8 Å². The molecular formula is C14H22N2OS. The van der Waals surface area contributed by atoms with Crippen molar-refractivity contribution in [3.05, 3.63) is 16.0 Å². The molecule has 3 nitrogen and oxygen atoms in total. The highest BCUT2D eigenvalue weighted by molar-refractivity contribution is 7.16. The number of hydrogen-bond acceptors (Lipinski definition) is 3. The Kier molecular flexibility index (Phi) is 3.66. The number of carbonyl (C=O) groups excluding carboxylic acids is 1. The number of fused-ring (bicyclic) bond motifs is 1. The predicted molar refractivity (Wildman–Crippen MR) is 77.2 cm³/mol. The topological polar surface area (TPSA) is 55.1 Å². The van der Waals surface area contributed by atoms with Crippen molar-refractivity contribution in [3.8, 4) is 0 Å². The molecule has 0 saturated carbocycles. The molecule has 1 heterocycles. The van der Waals surface area contributed by atoms with Gasteiger partial charge in [-0.3, -0.25) is 4.79 Å². The first-order valence-electron chi connectivity index (χ1n) is 6.63. The predicted octanol–water partition coefficient (Wildman–Crippen LogP) is 2.99. The van der Waals surface area contributed by atoms with Gasteiger partial charge in [0, 0.05) is 11.4 Å². The normalized spacial score (nSPS) is 17.3. The summed E-state index contributed by atoms with van der Waals surface area (Å²) < 4.78 is 0. The SMILES string of the molecule is CCCNC(=O)c1c(N)sc2c1CCC(C)(C)C2. The molecule has 1 aromatic heterocycles. The summed E-state index contributed by atoms with van der Waals surface area (Å²) in [5, 5.41) is 3.62. The molecule has 1 aliphatic rings. The average molecular weight is 266 g/mol. The summed E-state index contributed by atoms with van der Waals surface area (Å²) in [6.07, 6.45) is 4.10. The van der Waals surface area contributed by atoms with Crippen LogP contribution >= 0.6 is 11.3 Å². The third kappa shape index (κ3) is 2.53. The molecule has 1 amide bonds. The van der Waals surface area contributed by atoms with Crippen molar-refractivity contribution in [2.45, 2.75) is 46.5 Å². The summed E-state index contributed by atoms with van der Waals surface area (Å²) in [4.78, 5) is 13.4. The summed E-state index contributed by atoms with van der Waals surface area (Å²) in [6.45, 7) is 7.33. The van der Waals surface area contributed by atoms with Crippen LogP contribution in [0.2, 0.25) is 0 Å². The number of amides is 1. The van der Waals surface area contributed by atoms with Gasteiger partial charge in [0.15, 0.2) is 0 Å². The van der Waals surface area contributed by atoms with Gasteiger partial charge in [0.05, 0.1) is 10.6 Å². The maximum Gasteiger partial charge on any atom is 0.254 e. The van der Waals surface area contributed by atoms with E-state index in [1.165, 1.54) is 10.4 Å². The molecule has 3 N–H and O–H groups in total. The van der Waals surface area contributed by atoms with Crippen molar-refractivity contribution in [2.75, 3.05) is 12.3 Å². The molecular weight excluding hydrogens is 244 g/mol. The number of carbonyl (C=O) groups is 1. The van der Waals surface area contributed by atoms with E-state index in [1.807, 2.05) is 0 Å². The van der Waals surface area contributed by atoms with E-state index in [1.54, 1.807) is 11.3 Å². The third-order valence-corrected chi connectivity index (χ3v) is 4.63. The highest BCUT2D eigenvalue weighted by Crippen LogP contribution is 2.42. The van der Waals surface area contributed by atoms with E-state index in [-0.39, 0.29) is 5.91 Å². The van der Waals surface area contributed by atoms with Crippen LogP contribution in [0, 0.1) is 5.41 Å². The second-order valence-electron chi connectivity index (χ2n) is 5.84. The monoisotopic (exact) mass is 266 g/mol. The summed E-state index contributed by atoms with van der Waals surface area (Å²) in [5.41, 5.74) is 8.32. The van der Waals surface area contributed by atoms with Crippen molar-refractivity contribution in [2.24, 2.45) is 5.41 Å². The van der Waals surface area contributed by atoms with Crippen LogP contribution in [0.25, 0.3) is 0 Å². The molecule has 1 aromatic rings. The lowest BCUT2D eigenvalue weighted by atomic mass is 9.77. The van der Waals surface area contributed by atoms with Gasteiger partial charge in [-0.15, -0.1) is 11.3 Å². The van der Waals surface area contributed by atoms with Crippen LogP contribution in [-0.4, -0.2) is 12.5 Å². The van der Waals surface area contributed by atoms with Gasteiger partial charge in [-0.2, -0.15) is 0 Å². The molecule has 0 fully saturated rings. The fourth-order valence-electron chi connectivity index (χ4n) is 2.50. The smallest absolute Gasteiger partial charge is 0.254 e. The fourth-order valence-corrected chi connectivity index (χ4v) is 3.88. The highest BCUT2D eigenvalue weighted by atomic mass is 32.1. The molecule has 4 heteroatoms. The Bertz CT molecular complexity index is 463. The largest absolute Gasteiger partial charge is 0.390 e. The minimum absolute atomic E-state index is 0.00607. The Labute approximate surface area is 113 Å². The second kappa shape index (κ2) is 4.92. The van der Waals surface area contributed by atoms with Gasteiger partial charge < -0.3 is 11.1 Å². The standard InChI is InChI=1S/C14H22N2OS/c1-4-7-16-13(17)11-9-5-6-14(2,3)8-10(9)18-12(11)15/h4-8,15H2,1-3H3,(H,16,17). The van der Waals surface area contributed by atoms with Crippen LogP contribution in [0.3, 0.4) is 0 Å². The molecule has 0 spiro atoms. The van der Waals surface area contributed by atoms with Crippen LogP contribution in [0.15, 0.2) is 0 Å². The lowest BCUT2D eigenvalue weighted by molar-refractivity contribution is 0.0953. The zero-order chi connectivity index (χ0) is 13.3. The Hall–Kier alpha value is -1.03. The Balaban J connectivity index is 2.28. The first kappa shape index (κ1) is 13.4. The molecule has 0 radical (unpaired) electrons. The van der Waals surface area contributed by atoms with Crippen molar-refractivity contribution in [1.82, 2.24) is 5.32 Å². The molecule has 0 unspecified atom stereocenters. The first-order valence-corrected chi connectivity index (χ1v) is 7.44. The minimum atomic E-state index is 0.00607. The fraction of sp³-hybridized carbons (Fsp3) is 0.643. The Morgan fingerprint density at radius 1 is 1.50 bits per heavy atom. The summed E-state index contributed by atoms with van der Waals surface area (Å²) in [5.74, 6) is 0.00607. The van der Waals surface area contributed by atoms with Crippen molar-refractivity contribution >= 4 is 22.2 Å². The van der Waals surface area contributed by atoms with Gasteiger partial charge in [0.25, 0.3) is 5.91 Å². The second-order valence-corrected chi connectivity index (χ2v) is 6.98. The third-order valence-electron chi connectivity index (χ3n) is 3.57. The number of anilines is 1. The molecule has 0 bridgehead atoms. The molecule has 0 saturated heterocycles. The van der Waals surface area contributed by atoms with Crippen molar-refractivity contribution < 1.29 is 4.79 Å². The quantitative estimate of drug-likeness (QED) is 0.883. The minimum Gasteiger partial charge on any atom is -0.390 e. The summed E-state index contributed by atoms with van der Waals surface area (Å²) >= 11 is 1.60. The van der Waals surface area contributed by atoms with Crippen LogP contribution in [0.4, 0.5) is 5.00 Å². The average Bonchev–Trinajstić information content (AvgIpc) is 2.59. The summed E-state index contributed by atoms with van der Waals surface area (Å²) in [6, 6.07) is 0. The molecule has 0 aliphatic heterocycles. The van der Waals surface area contributed by atoms with E-state index < -0.39 is 0 Å². The Morgan fingerprint density at radius 2 is 2.22 bits per heavy atom. The van der Waals surface area contributed by atoms with Crippen molar-refractivity contribution in [1.29, 1.82) is 0 Å². The lowest BCUT2D eigenvalue weighted by Gasteiger charge is -2.29. The van der Waals surface area contributed by atoms with Crippen LogP contribution < -0.4 is 11.1 Å². The molecule has 1 aliphatic carbocycles. The van der Waals surface area contributed by atoms with Crippen LogP contribution in [0.1, 0.15) is 54.4 Å². The van der Waals surface area contributed by atoms with E-state index in [0.29, 0.717) is 17.0 Å². The number of nitrogen functional groups attached to an aromatic ring is 1. The van der Waals surface area contributed by atoms with Gasteiger partial charge in [0.1, 0.15) is 0 Å². The molecule has 18 heavy (non-hydrogen) atoms. The summed E-state index contributed by atoms with van der Waals surface area (Å²) in [7, 11) is 0. The maximum atomic E-state index is 12.1. The number of rotatable bonds is 3.